The number of hydrogen-bond acceptors (Lipinski definition) is 5. The molecule has 1 aromatic rings. The summed E-state index contributed by atoms with van der Waals surface area (Å²) in [6.45, 7) is 7.66. The maximum atomic E-state index is 13.1. The molecule has 0 aromatic heterocycles. The van der Waals surface area contributed by atoms with E-state index in [2.05, 4.69) is 0 Å². The van der Waals surface area contributed by atoms with Crippen LogP contribution in [0.2, 0.25) is 0 Å². The summed E-state index contributed by atoms with van der Waals surface area (Å²) in [5.74, 6) is -1.90. The number of carbonyl (C=O) groups is 3. The first kappa shape index (κ1) is 21.3. The number of methoxy groups -OCH3 is 1. The topological polar surface area (TPSA) is 80.7 Å². The fourth-order valence-electron chi connectivity index (χ4n) is 4.86. The molecule has 1 fully saturated rings. The second-order valence-corrected chi connectivity index (χ2v) is 9.95. The summed E-state index contributed by atoms with van der Waals surface area (Å²) in [6, 6.07) is 7.12. The number of carbonyl (C=O) groups excluding carboxylic acids is 3. The Balaban J connectivity index is 2.20. The molecule has 0 heterocycles. The monoisotopic (exact) mass is 398 g/mol. The summed E-state index contributed by atoms with van der Waals surface area (Å²) in [5.41, 5.74) is 0.0278. The highest BCUT2D eigenvalue weighted by Crippen LogP contribution is 2.49. The van der Waals surface area contributed by atoms with Gasteiger partial charge in [0.1, 0.15) is 23.1 Å². The molecule has 29 heavy (non-hydrogen) atoms. The number of benzene rings is 1. The first-order valence-electron chi connectivity index (χ1n) is 10.1. The molecule has 3 rings (SSSR count). The Labute approximate surface area is 172 Å². The van der Waals surface area contributed by atoms with Crippen LogP contribution in [0.5, 0.6) is 5.75 Å². The summed E-state index contributed by atoms with van der Waals surface area (Å²) in [5, 5.41) is 10.9. The van der Waals surface area contributed by atoms with Crippen LogP contribution in [-0.2, 0) is 14.4 Å². The number of rotatable bonds is 4. The van der Waals surface area contributed by atoms with Crippen LogP contribution in [0.25, 0.3) is 0 Å². The Hall–Kier alpha value is -2.43. The molecule has 156 valence electrons. The SMILES string of the molecule is COc1ccccc1[C@@H](C1=C(O)CC(C)(C)CC1=O)C1C(=O)CC(C)(C)CC1=O. The molecule has 0 amide bonds. The van der Waals surface area contributed by atoms with Gasteiger partial charge in [0.2, 0.25) is 0 Å². The lowest BCUT2D eigenvalue weighted by Gasteiger charge is -2.39. The van der Waals surface area contributed by atoms with Crippen LogP contribution in [0.3, 0.4) is 0 Å². The van der Waals surface area contributed by atoms with Gasteiger partial charge in [-0.3, -0.25) is 14.4 Å². The molecule has 0 spiro atoms. The molecule has 5 nitrogen and oxygen atoms in total. The minimum absolute atomic E-state index is 0.0208. The van der Waals surface area contributed by atoms with E-state index in [0.717, 1.165) is 0 Å². The number of ether oxygens (including phenoxy) is 1. The number of Topliss-reactive ketones (excluding diaryl/α,β-unsaturated/α-hetero) is 3. The number of aliphatic hydroxyl groups is 1. The van der Waals surface area contributed by atoms with Gasteiger partial charge in [-0.1, -0.05) is 45.9 Å². The predicted molar refractivity (Wildman–Crippen MR) is 110 cm³/mol. The van der Waals surface area contributed by atoms with Crippen molar-refractivity contribution in [3.05, 3.63) is 41.2 Å². The lowest BCUT2D eigenvalue weighted by molar-refractivity contribution is -0.140. The van der Waals surface area contributed by atoms with Crippen LogP contribution in [0, 0.1) is 16.7 Å². The fraction of sp³-hybridized carbons (Fsp3) is 0.542. The van der Waals surface area contributed by atoms with E-state index < -0.39 is 17.3 Å². The van der Waals surface area contributed by atoms with Crippen molar-refractivity contribution in [2.45, 2.75) is 59.3 Å². The van der Waals surface area contributed by atoms with Gasteiger partial charge >= 0.3 is 0 Å². The third-order valence-electron chi connectivity index (χ3n) is 6.01. The van der Waals surface area contributed by atoms with Gasteiger partial charge in [-0.2, -0.15) is 0 Å². The molecule has 0 unspecified atom stereocenters. The molecule has 0 bridgehead atoms. The number of allylic oxidation sites excluding steroid dienone is 2. The maximum Gasteiger partial charge on any atom is 0.163 e. The molecular weight excluding hydrogens is 368 g/mol. The number of para-hydroxylation sites is 1. The van der Waals surface area contributed by atoms with Gasteiger partial charge < -0.3 is 9.84 Å². The first-order chi connectivity index (χ1) is 13.5. The van der Waals surface area contributed by atoms with Gasteiger partial charge in [-0.05, 0) is 16.9 Å². The van der Waals surface area contributed by atoms with E-state index in [4.69, 9.17) is 4.74 Å². The van der Waals surface area contributed by atoms with Crippen LogP contribution < -0.4 is 4.74 Å². The zero-order valence-corrected chi connectivity index (χ0v) is 17.9. The smallest absolute Gasteiger partial charge is 0.163 e. The Kier molecular flexibility index (Phi) is 5.46. The largest absolute Gasteiger partial charge is 0.512 e. The van der Waals surface area contributed by atoms with Gasteiger partial charge in [-0.25, -0.2) is 0 Å². The van der Waals surface area contributed by atoms with Crippen molar-refractivity contribution in [3.8, 4) is 5.75 Å². The quantitative estimate of drug-likeness (QED) is 0.752. The van der Waals surface area contributed by atoms with Crippen molar-refractivity contribution in [3.63, 3.8) is 0 Å². The predicted octanol–water partition coefficient (Wildman–Crippen LogP) is 4.55. The van der Waals surface area contributed by atoms with Crippen LogP contribution in [0.15, 0.2) is 35.6 Å². The summed E-state index contributed by atoms with van der Waals surface area (Å²) in [4.78, 5) is 39.4. The molecule has 5 heteroatoms. The Morgan fingerprint density at radius 2 is 1.48 bits per heavy atom. The van der Waals surface area contributed by atoms with Crippen LogP contribution in [-0.4, -0.2) is 29.6 Å². The normalized spacial score (nSPS) is 23.3. The zero-order valence-electron chi connectivity index (χ0n) is 17.9. The van der Waals surface area contributed by atoms with E-state index in [1.165, 1.54) is 7.11 Å². The van der Waals surface area contributed by atoms with E-state index in [-0.39, 0.29) is 53.4 Å². The third-order valence-corrected chi connectivity index (χ3v) is 6.01. The highest BCUT2D eigenvalue weighted by Gasteiger charge is 2.49. The minimum Gasteiger partial charge on any atom is -0.512 e. The van der Waals surface area contributed by atoms with E-state index in [1.54, 1.807) is 24.3 Å². The first-order valence-corrected chi connectivity index (χ1v) is 10.1. The molecular formula is C24H30O5. The summed E-state index contributed by atoms with van der Waals surface area (Å²) in [7, 11) is 1.52. The van der Waals surface area contributed by atoms with E-state index in [1.807, 2.05) is 27.7 Å². The molecule has 1 atom stereocenters. The highest BCUT2D eigenvalue weighted by atomic mass is 16.5. The van der Waals surface area contributed by atoms with Crippen molar-refractivity contribution < 1.29 is 24.2 Å². The Morgan fingerprint density at radius 3 is 2.03 bits per heavy atom. The van der Waals surface area contributed by atoms with Gasteiger partial charge in [0, 0.05) is 42.7 Å². The molecule has 0 radical (unpaired) electrons. The summed E-state index contributed by atoms with van der Waals surface area (Å²) in [6.07, 6.45) is 1.13. The van der Waals surface area contributed by atoms with Crippen LogP contribution >= 0.6 is 0 Å². The highest BCUT2D eigenvalue weighted by molar-refractivity contribution is 6.09. The second-order valence-electron chi connectivity index (χ2n) is 9.95. The number of aliphatic hydroxyl groups excluding tert-OH is 1. The van der Waals surface area contributed by atoms with Crippen LogP contribution in [0.4, 0.5) is 0 Å². The van der Waals surface area contributed by atoms with E-state index >= 15 is 0 Å². The van der Waals surface area contributed by atoms with Crippen molar-refractivity contribution >= 4 is 17.3 Å². The third kappa shape index (κ3) is 4.14. The summed E-state index contributed by atoms with van der Waals surface area (Å²) < 4.78 is 5.49. The minimum atomic E-state index is -0.985. The molecule has 0 aliphatic heterocycles. The zero-order chi connectivity index (χ0) is 21.6. The van der Waals surface area contributed by atoms with Crippen molar-refractivity contribution in [2.24, 2.45) is 16.7 Å². The Bertz CT molecular complexity index is 870. The van der Waals surface area contributed by atoms with Gasteiger partial charge in [0.05, 0.1) is 13.0 Å². The van der Waals surface area contributed by atoms with Gasteiger partial charge in [-0.15, -0.1) is 0 Å². The second kappa shape index (κ2) is 7.43. The van der Waals surface area contributed by atoms with Gasteiger partial charge in [0.25, 0.3) is 0 Å². The van der Waals surface area contributed by atoms with E-state index in [0.29, 0.717) is 17.7 Å². The lowest BCUT2D eigenvalue weighted by Crippen LogP contribution is -2.43. The average molecular weight is 398 g/mol. The number of hydrogen-bond donors (Lipinski definition) is 1. The van der Waals surface area contributed by atoms with Crippen molar-refractivity contribution in [1.29, 1.82) is 0 Å². The summed E-state index contributed by atoms with van der Waals surface area (Å²) >= 11 is 0. The maximum absolute atomic E-state index is 13.1. The van der Waals surface area contributed by atoms with Gasteiger partial charge in [0.15, 0.2) is 5.78 Å². The molecule has 2 aliphatic rings. The number of ketones is 3. The van der Waals surface area contributed by atoms with E-state index in [9.17, 15) is 19.5 Å². The van der Waals surface area contributed by atoms with Crippen LogP contribution in [0.1, 0.15) is 64.9 Å². The Morgan fingerprint density at radius 1 is 0.931 bits per heavy atom. The lowest BCUT2D eigenvalue weighted by atomic mass is 9.62. The molecule has 0 saturated heterocycles. The van der Waals surface area contributed by atoms with Crippen molar-refractivity contribution in [1.82, 2.24) is 0 Å². The molecule has 1 aromatic carbocycles. The fourth-order valence-corrected chi connectivity index (χ4v) is 4.86. The molecule has 1 saturated carbocycles. The molecule has 1 N–H and O–H groups in total. The average Bonchev–Trinajstić information content (AvgIpc) is 2.57. The molecule has 2 aliphatic carbocycles. The van der Waals surface area contributed by atoms with Crippen molar-refractivity contribution in [2.75, 3.05) is 7.11 Å². The standard InChI is InChI=1S/C24H30O5/c1-23(2)10-15(25)21(16(26)11-23)20(14-8-6-7-9-19(14)29-5)22-17(27)12-24(3,4)13-18(22)28/h6-9,20-21,27H,10-13H2,1-5H3/t20-/m1/s1.